The van der Waals surface area contributed by atoms with Gasteiger partial charge in [-0.1, -0.05) is 396 Å². The summed E-state index contributed by atoms with van der Waals surface area (Å²) < 4.78 is 0. The molecule has 0 spiro atoms. The first-order valence-corrected chi connectivity index (χ1v) is 49.9. The van der Waals surface area contributed by atoms with Crippen molar-refractivity contribution in [2.75, 3.05) is 29.4 Å². The van der Waals surface area contributed by atoms with Gasteiger partial charge in [-0.05, 0) is 259 Å². The van der Waals surface area contributed by atoms with Crippen LogP contribution in [0.15, 0.2) is 497 Å². The van der Waals surface area contributed by atoms with E-state index in [1.807, 2.05) is 0 Å². The third kappa shape index (κ3) is 17.7. The Morgan fingerprint density at radius 3 is 0.382 bits per heavy atom. The molecule has 0 amide bonds. The van der Waals surface area contributed by atoms with Crippen LogP contribution in [0.5, 0.6) is 0 Å². The van der Waals surface area contributed by atoms with Crippen molar-refractivity contribution in [2.24, 2.45) is 0 Å². The van der Waals surface area contributed by atoms with E-state index in [2.05, 4.69) is 596 Å². The summed E-state index contributed by atoms with van der Waals surface area (Å²) in [6.45, 7) is 21.5. The molecule has 6 nitrogen and oxygen atoms in total. The van der Waals surface area contributed by atoms with Crippen molar-refractivity contribution in [1.82, 2.24) is 0 Å². The lowest BCUT2D eigenvalue weighted by Crippen LogP contribution is -2.14. The second-order valence-corrected chi connectivity index (χ2v) is 38.3. The number of aryl methyl sites for hydroxylation is 10. The van der Waals surface area contributed by atoms with Crippen LogP contribution in [0, 0.1) is 69.2 Å². The Morgan fingerprint density at radius 2 is 0.222 bits per heavy atom. The van der Waals surface area contributed by atoms with Gasteiger partial charge >= 0.3 is 0 Å². The fourth-order valence-electron chi connectivity index (χ4n) is 21.0. The van der Waals surface area contributed by atoms with Crippen molar-refractivity contribution in [2.45, 2.75) is 69.2 Å². The second kappa shape index (κ2) is 39.8. The number of para-hydroxylation sites is 2. The molecule has 0 fully saturated rings. The number of hydrogen-bond donors (Lipinski definition) is 0. The molecule has 24 rings (SSSR count). The molecule has 0 bridgehead atoms. The van der Waals surface area contributed by atoms with Gasteiger partial charge in [0.2, 0.25) is 0 Å². The maximum absolute atomic E-state index is 2.45. The number of fused-ring (bicyclic) bond motifs is 8. The fraction of sp³-hybridized carbons (Fsp3) is 0.0725. The molecule has 0 heterocycles. The van der Waals surface area contributed by atoms with Crippen LogP contribution in [0.4, 0.5) is 102 Å². The van der Waals surface area contributed by atoms with E-state index in [1.54, 1.807) is 0 Å². The van der Waals surface area contributed by atoms with E-state index in [1.165, 1.54) is 187 Å². The summed E-state index contributed by atoms with van der Waals surface area (Å²) in [7, 11) is 0. The topological polar surface area (TPSA) is 19.4 Å². The first-order valence-electron chi connectivity index (χ1n) is 49.9. The Balaban J connectivity index is 0.000000126. The maximum atomic E-state index is 2.45. The van der Waals surface area contributed by atoms with Crippen LogP contribution in [-0.2, 0) is 0 Å². The van der Waals surface area contributed by atoms with Gasteiger partial charge in [-0.25, -0.2) is 0 Å². The van der Waals surface area contributed by atoms with Gasteiger partial charge in [-0.3, -0.25) is 0 Å². The lowest BCUT2D eigenvalue weighted by Gasteiger charge is -2.33. The van der Waals surface area contributed by atoms with Crippen LogP contribution < -0.4 is 29.4 Å². The maximum Gasteiger partial charge on any atom is 0.0619 e. The van der Waals surface area contributed by atoms with Gasteiger partial charge in [0.25, 0.3) is 0 Å². The normalized spacial score (nSPS) is 11.3. The molecule has 0 aliphatic heterocycles. The Hall–Kier alpha value is -17.8. The Kier molecular flexibility index (Phi) is 25.2. The molecular weight excluding hydrogens is 1740 g/mol. The first kappa shape index (κ1) is 91.3. The molecule has 0 aromatic heterocycles. The predicted molar refractivity (Wildman–Crippen MR) is 620 cm³/mol. The van der Waals surface area contributed by atoms with E-state index < -0.39 is 0 Å². The Morgan fingerprint density at radius 1 is 0.0972 bits per heavy atom. The van der Waals surface area contributed by atoms with E-state index in [0.29, 0.717) is 0 Å². The summed E-state index contributed by atoms with van der Waals surface area (Å²) in [5, 5.41) is 19.3. The van der Waals surface area contributed by atoms with E-state index in [4.69, 9.17) is 0 Å². The molecule has 0 unspecified atom stereocenters. The largest absolute Gasteiger partial charge is 0.309 e. The summed E-state index contributed by atoms with van der Waals surface area (Å²) in [6.07, 6.45) is 0. The zero-order valence-electron chi connectivity index (χ0n) is 83.0. The number of hydrogen-bond acceptors (Lipinski definition) is 6. The molecule has 0 aliphatic carbocycles. The van der Waals surface area contributed by atoms with E-state index in [0.717, 1.165) is 68.2 Å². The molecular formula is C138H112N6. The molecule has 24 aromatic rings. The van der Waals surface area contributed by atoms with Crippen LogP contribution >= 0.6 is 0 Å². The zero-order chi connectivity index (χ0) is 98.0. The third-order valence-corrected chi connectivity index (χ3v) is 28.0. The van der Waals surface area contributed by atoms with E-state index in [9.17, 15) is 0 Å². The van der Waals surface area contributed by atoms with Gasteiger partial charge in [0, 0.05) is 133 Å². The predicted octanol–water partition coefficient (Wildman–Crippen LogP) is 39.9. The molecule has 0 saturated carbocycles. The van der Waals surface area contributed by atoms with Gasteiger partial charge in [0.05, 0.1) is 34.1 Å². The van der Waals surface area contributed by atoms with Crippen molar-refractivity contribution in [3.8, 4) is 11.1 Å². The van der Waals surface area contributed by atoms with Crippen molar-refractivity contribution in [1.29, 1.82) is 0 Å². The minimum Gasteiger partial charge on any atom is -0.309 e. The van der Waals surface area contributed by atoms with Gasteiger partial charge < -0.3 is 29.4 Å². The van der Waals surface area contributed by atoms with Gasteiger partial charge in [-0.2, -0.15) is 0 Å². The smallest absolute Gasteiger partial charge is 0.0619 e. The molecule has 144 heavy (non-hydrogen) atoms. The average molecular weight is 1850 g/mol. The highest BCUT2D eigenvalue weighted by Crippen LogP contribution is 2.58. The van der Waals surface area contributed by atoms with Gasteiger partial charge in [0.1, 0.15) is 0 Å². The lowest BCUT2D eigenvalue weighted by atomic mass is 9.84. The highest BCUT2D eigenvalue weighted by Gasteiger charge is 2.32. The zero-order valence-corrected chi connectivity index (χ0v) is 83.0. The van der Waals surface area contributed by atoms with Crippen LogP contribution in [0.25, 0.3) is 97.3 Å². The number of rotatable bonds is 19. The molecule has 694 valence electrons. The third-order valence-electron chi connectivity index (χ3n) is 28.0. The summed E-state index contributed by atoms with van der Waals surface area (Å²) >= 11 is 0. The van der Waals surface area contributed by atoms with Crippen LogP contribution in [-0.4, -0.2) is 0 Å². The summed E-state index contributed by atoms with van der Waals surface area (Å²) in [6, 6.07) is 182. The molecule has 0 aliphatic rings. The minimum absolute atomic E-state index is 1.13. The molecule has 0 saturated heterocycles. The number of nitrogens with zero attached hydrogens (tertiary/aromatic N) is 6. The van der Waals surface area contributed by atoms with Crippen LogP contribution in [0.3, 0.4) is 0 Å². The fourth-order valence-corrected chi connectivity index (χ4v) is 21.0. The quantitative estimate of drug-likeness (QED) is 0.0589. The van der Waals surface area contributed by atoms with Gasteiger partial charge in [0.15, 0.2) is 0 Å². The Labute approximate surface area is 845 Å². The number of benzene rings is 24. The molecule has 24 aromatic carbocycles. The van der Waals surface area contributed by atoms with E-state index >= 15 is 0 Å². The Bertz CT molecular complexity index is 7900. The van der Waals surface area contributed by atoms with Crippen LogP contribution in [0.1, 0.15) is 55.6 Å². The SMILES string of the molecule is Cc1ccc(N(c2ccc(C)cc2)c2c3ccccc3c(-c3c4ccccc4c(N(c4ccc(C)cc4)c4ccc(C)cc4)c4ccccc34)c3ccccc23)cc1.Cc1ccc(N(c2ccc(C)cc2)c2c3ccccc3c(N(c3ccc(C)cc3)c3ccc(C)cc3)c3ccccc23)cc1.Cc1cccc(N(c2ccccc2)c2c3ccccc3c(N(c3ccccc3)c3cccc(C)c3)c3ccccc23)c1. The molecule has 0 radical (unpaired) electrons. The monoisotopic (exact) mass is 1850 g/mol. The first-order chi connectivity index (χ1) is 70.6. The summed E-state index contributed by atoms with van der Waals surface area (Å²) in [5.74, 6) is 0. The molecule has 0 N–H and O–H groups in total. The van der Waals surface area contributed by atoms with Crippen molar-refractivity contribution in [3.05, 3.63) is 553 Å². The minimum atomic E-state index is 1.13. The highest BCUT2D eigenvalue weighted by molar-refractivity contribution is 6.32. The summed E-state index contributed by atoms with van der Waals surface area (Å²) in [5.41, 5.74) is 35.6. The van der Waals surface area contributed by atoms with Crippen molar-refractivity contribution in [3.63, 3.8) is 0 Å². The van der Waals surface area contributed by atoms with Crippen molar-refractivity contribution < 1.29 is 0 Å². The van der Waals surface area contributed by atoms with Crippen LogP contribution in [0.2, 0.25) is 0 Å². The lowest BCUT2D eigenvalue weighted by molar-refractivity contribution is 1.28. The second-order valence-electron chi connectivity index (χ2n) is 38.3. The number of anilines is 18. The molecule has 6 heteroatoms. The van der Waals surface area contributed by atoms with E-state index in [-0.39, 0.29) is 0 Å². The highest BCUT2D eigenvalue weighted by atomic mass is 15.2. The standard InChI is InChI=1S/C56H44N2.C42H36N2.C40H32N2/c1-37-21-29-41(30-22-37)57(42-31-23-38(2)24-32-42)55-49-17-9-5-13-45(49)53(46-14-6-10-18-50(46)55)54-47-15-7-11-19-51(47)56(52-20-12-8-16-48(52)54)58(43-33-25-39(3)26-34-43)44-35-27-40(4)28-36-44;1-29-13-21-33(22-14-29)43(34-23-15-30(2)16-24-34)41-37-9-5-7-11-39(37)42(40-12-8-6-10-38(40)41)44(35-25-17-31(3)18-26-35)36-27-19-32(4)20-28-36;1-29-15-13-21-33(27-29)41(31-17-5-3-6-18-31)39-35-23-9-11-25-37(35)40(38-26-12-10-24-36(38)39)42(32-19-7-4-8-20-32)34-22-14-16-30(2)28-34/h5-36H,1-4H3;5-28H,1-4H3;3-28H,1-2H3. The molecule has 0 atom stereocenters. The average Bonchev–Trinajstić information content (AvgIpc) is 0.667. The summed E-state index contributed by atoms with van der Waals surface area (Å²) in [4.78, 5) is 14.6. The van der Waals surface area contributed by atoms with Gasteiger partial charge in [-0.15, -0.1) is 0 Å². The van der Waals surface area contributed by atoms with Crippen molar-refractivity contribution >= 4 is 189 Å².